The van der Waals surface area contributed by atoms with E-state index < -0.39 is 12.0 Å². The highest BCUT2D eigenvalue weighted by Crippen LogP contribution is 2.28. The summed E-state index contributed by atoms with van der Waals surface area (Å²) in [5.74, 6) is -0.711. The minimum Gasteiger partial charge on any atom is -0.508 e. The Labute approximate surface area is 107 Å². The van der Waals surface area contributed by atoms with E-state index in [0.717, 1.165) is 16.7 Å². The first-order valence-corrected chi connectivity index (χ1v) is 5.76. The number of benzene rings is 1. The van der Waals surface area contributed by atoms with Gasteiger partial charge in [-0.15, -0.1) is 0 Å². The average Bonchev–Trinajstić information content (AvgIpc) is 2.22. The fraction of sp³-hybridized carbons (Fsp3) is 0.462. The standard InChI is InChI=1S/C13H20N2O3/c1-8-9(11(14)6-13(17)18)4-5-12(16)10(8)7-15(2)3/h4-5,11,16H,6-7,14H2,1-3H3,(H,17,18). The predicted molar refractivity (Wildman–Crippen MR) is 69.4 cm³/mol. The Kier molecular flexibility index (Phi) is 4.69. The van der Waals surface area contributed by atoms with Crippen LogP contribution in [0, 0.1) is 6.92 Å². The monoisotopic (exact) mass is 252 g/mol. The molecule has 5 heteroatoms. The lowest BCUT2D eigenvalue weighted by Gasteiger charge is -2.19. The van der Waals surface area contributed by atoms with Gasteiger partial charge in [0.15, 0.2) is 0 Å². The van der Waals surface area contributed by atoms with Crippen molar-refractivity contribution in [3.63, 3.8) is 0 Å². The molecule has 18 heavy (non-hydrogen) atoms. The van der Waals surface area contributed by atoms with Crippen molar-refractivity contribution in [2.75, 3.05) is 14.1 Å². The Balaban J connectivity index is 3.11. The molecule has 5 nitrogen and oxygen atoms in total. The Hall–Kier alpha value is -1.59. The van der Waals surface area contributed by atoms with E-state index in [0.29, 0.717) is 6.54 Å². The van der Waals surface area contributed by atoms with Crippen LogP contribution in [0.4, 0.5) is 0 Å². The first-order valence-electron chi connectivity index (χ1n) is 5.76. The number of aromatic hydroxyl groups is 1. The number of carboxylic acid groups (broad SMARTS) is 1. The van der Waals surface area contributed by atoms with Gasteiger partial charge in [0.1, 0.15) is 5.75 Å². The molecule has 0 aliphatic rings. The van der Waals surface area contributed by atoms with Gasteiger partial charge >= 0.3 is 5.97 Å². The topological polar surface area (TPSA) is 86.8 Å². The largest absolute Gasteiger partial charge is 0.508 e. The molecule has 0 aliphatic carbocycles. The lowest BCUT2D eigenvalue weighted by Crippen LogP contribution is -2.18. The summed E-state index contributed by atoms with van der Waals surface area (Å²) < 4.78 is 0. The molecule has 0 aliphatic heterocycles. The van der Waals surface area contributed by atoms with Crippen LogP contribution in [-0.4, -0.2) is 35.2 Å². The number of carboxylic acids is 1. The van der Waals surface area contributed by atoms with Gasteiger partial charge in [-0.05, 0) is 38.2 Å². The van der Waals surface area contributed by atoms with Crippen molar-refractivity contribution in [1.82, 2.24) is 4.90 Å². The number of phenolic OH excluding ortho intramolecular Hbond substituents is 1. The van der Waals surface area contributed by atoms with Gasteiger partial charge in [0.25, 0.3) is 0 Å². The number of carbonyl (C=O) groups is 1. The fourth-order valence-electron chi connectivity index (χ4n) is 1.98. The van der Waals surface area contributed by atoms with Gasteiger partial charge < -0.3 is 20.8 Å². The quantitative estimate of drug-likeness (QED) is 0.734. The Morgan fingerprint density at radius 2 is 2.06 bits per heavy atom. The molecule has 0 spiro atoms. The molecule has 1 unspecified atom stereocenters. The smallest absolute Gasteiger partial charge is 0.305 e. The van der Waals surface area contributed by atoms with Gasteiger partial charge in [0.05, 0.1) is 6.42 Å². The summed E-state index contributed by atoms with van der Waals surface area (Å²) in [7, 11) is 3.81. The summed E-state index contributed by atoms with van der Waals surface area (Å²) in [5.41, 5.74) is 8.29. The molecular formula is C13H20N2O3. The highest BCUT2D eigenvalue weighted by atomic mass is 16.4. The van der Waals surface area contributed by atoms with Crippen molar-refractivity contribution in [3.05, 3.63) is 28.8 Å². The highest BCUT2D eigenvalue weighted by Gasteiger charge is 2.17. The van der Waals surface area contributed by atoms with Crippen molar-refractivity contribution in [2.45, 2.75) is 25.9 Å². The Morgan fingerprint density at radius 1 is 1.44 bits per heavy atom. The van der Waals surface area contributed by atoms with Gasteiger partial charge in [-0.3, -0.25) is 4.79 Å². The SMILES string of the molecule is Cc1c(C(N)CC(=O)O)ccc(O)c1CN(C)C. The molecule has 0 bridgehead atoms. The van der Waals surface area contributed by atoms with Gasteiger partial charge in [-0.1, -0.05) is 6.07 Å². The van der Waals surface area contributed by atoms with Crippen molar-refractivity contribution < 1.29 is 15.0 Å². The Bertz CT molecular complexity index is 444. The summed E-state index contributed by atoms with van der Waals surface area (Å²) in [6.45, 7) is 2.45. The molecule has 4 N–H and O–H groups in total. The van der Waals surface area contributed by atoms with Crippen molar-refractivity contribution in [2.24, 2.45) is 5.73 Å². The van der Waals surface area contributed by atoms with Crippen LogP contribution >= 0.6 is 0 Å². The van der Waals surface area contributed by atoms with Crippen molar-refractivity contribution >= 4 is 5.97 Å². The zero-order valence-corrected chi connectivity index (χ0v) is 11.0. The molecule has 100 valence electrons. The zero-order chi connectivity index (χ0) is 13.9. The summed E-state index contributed by atoms with van der Waals surface area (Å²) in [6.07, 6.45) is -0.118. The van der Waals surface area contributed by atoms with Gasteiger partial charge in [0, 0.05) is 18.2 Å². The first kappa shape index (κ1) is 14.5. The second-order valence-corrected chi connectivity index (χ2v) is 4.72. The van der Waals surface area contributed by atoms with Crippen LogP contribution in [0.5, 0.6) is 5.75 Å². The van der Waals surface area contributed by atoms with Crippen LogP contribution in [0.1, 0.15) is 29.2 Å². The molecule has 0 aromatic heterocycles. The molecule has 1 atom stereocenters. The fourth-order valence-corrected chi connectivity index (χ4v) is 1.98. The van der Waals surface area contributed by atoms with E-state index in [1.54, 1.807) is 12.1 Å². The van der Waals surface area contributed by atoms with E-state index in [4.69, 9.17) is 10.8 Å². The molecule has 0 saturated carbocycles. The minimum atomic E-state index is -0.927. The number of nitrogens with zero attached hydrogens (tertiary/aromatic N) is 1. The molecular weight excluding hydrogens is 232 g/mol. The van der Waals surface area contributed by atoms with Gasteiger partial charge in [0.2, 0.25) is 0 Å². The van der Waals surface area contributed by atoms with Crippen molar-refractivity contribution in [3.8, 4) is 5.75 Å². The molecule has 0 fully saturated rings. The maximum absolute atomic E-state index is 10.7. The van der Waals surface area contributed by atoms with Crippen LogP contribution in [0.2, 0.25) is 0 Å². The number of phenols is 1. The average molecular weight is 252 g/mol. The van der Waals surface area contributed by atoms with Crippen LogP contribution in [0.15, 0.2) is 12.1 Å². The second-order valence-electron chi connectivity index (χ2n) is 4.72. The summed E-state index contributed by atoms with van der Waals surface area (Å²) in [6, 6.07) is 2.71. The van der Waals surface area contributed by atoms with Crippen LogP contribution in [0.25, 0.3) is 0 Å². The lowest BCUT2D eigenvalue weighted by atomic mass is 9.94. The molecule has 1 rings (SSSR count). The molecule has 0 amide bonds. The normalized spacial score (nSPS) is 12.7. The first-order chi connectivity index (χ1) is 8.32. The van der Waals surface area contributed by atoms with Crippen LogP contribution in [-0.2, 0) is 11.3 Å². The van der Waals surface area contributed by atoms with Gasteiger partial charge in [-0.25, -0.2) is 0 Å². The number of hydrogen-bond acceptors (Lipinski definition) is 4. The maximum atomic E-state index is 10.7. The predicted octanol–water partition coefficient (Wildman–Crippen LogP) is 1.24. The minimum absolute atomic E-state index is 0.118. The molecule has 0 heterocycles. The third-order valence-corrected chi connectivity index (χ3v) is 2.88. The Morgan fingerprint density at radius 3 is 2.56 bits per heavy atom. The molecule has 1 aromatic rings. The zero-order valence-electron chi connectivity index (χ0n) is 11.0. The highest BCUT2D eigenvalue weighted by molar-refractivity contribution is 5.68. The third kappa shape index (κ3) is 3.45. The molecule has 1 aromatic carbocycles. The third-order valence-electron chi connectivity index (χ3n) is 2.88. The van der Waals surface area contributed by atoms with E-state index in [1.807, 2.05) is 25.9 Å². The van der Waals surface area contributed by atoms with Crippen LogP contribution < -0.4 is 5.73 Å². The summed E-state index contributed by atoms with van der Waals surface area (Å²) >= 11 is 0. The number of aliphatic carboxylic acids is 1. The second kappa shape index (κ2) is 5.84. The number of rotatable bonds is 5. The van der Waals surface area contributed by atoms with E-state index in [9.17, 15) is 9.90 Å². The molecule has 0 saturated heterocycles. The van der Waals surface area contributed by atoms with E-state index >= 15 is 0 Å². The number of hydrogen-bond donors (Lipinski definition) is 3. The lowest BCUT2D eigenvalue weighted by molar-refractivity contribution is -0.137. The maximum Gasteiger partial charge on any atom is 0.305 e. The van der Waals surface area contributed by atoms with E-state index in [-0.39, 0.29) is 12.2 Å². The van der Waals surface area contributed by atoms with Gasteiger partial charge in [-0.2, -0.15) is 0 Å². The number of nitrogens with two attached hydrogens (primary N) is 1. The van der Waals surface area contributed by atoms with Crippen molar-refractivity contribution in [1.29, 1.82) is 0 Å². The molecule has 0 radical (unpaired) electrons. The van der Waals surface area contributed by atoms with E-state index in [2.05, 4.69) is 0 Å². The van der Waals surface area contributed by atoms with Crippen LogP contribution in [0.3, 0.4) is 0 Å². The summed E-state index contributed by atoms with van der Waals surface area (Å²) in [4.78, 5) is 12.6. The van der Waals surface area contributed by atoms with E-state index in [1.165, 1.54) is 0 Å². The summed E-state index contributed by atoms with van der Waals surface area (Å²) in [5, 5.41) is 18.6.